The van der Waals surface area contributed by atoms with E-state index in [1.54, 1.807) is 0 Å². The summed E-state index contributed by atoms with van der Waals surface area (Å²) in [4.78, 5) is 13.7. The number of hydrogen-bond acceptors (Lipinski definition) is 1. The Morgan fingerprint density at radius 2 is 1.46 bits per heavy atom. The number of alkyl halides is 6. The third kappa shape index (κ3) is 4.15. The van der Waals surface area contributed by atoms with E-state index in [9.17, 15) is 31.1 Å². The van der Waals surface area contributed by atoms with E-state index < -0.39 is 41.2 Å². The Balaban J connectivity index is 1.74. The molecule has 2 atom stereocenters. The number of benzene rings is 2. The van der Waals surface area contributed by atoms with Crippen LogP contribution in [0.1, 0.15) is 34.6 Å². The van der Waals surface area contributed by atoms with E-state index in [1.165, 1.54) is 43.4 Å². The van der Waals surface area contributed by atoms with E-state index >= 15 is 0 Å². The van der Waals surface area contributed by atoms with Gasteiger partial charge in [0.25, 0.3) is 0 Å². The summed E-state index contributed by atoms with van der Waals surface area (Å²) in [5.41, 5.74) is -1.61. The molecule has 2 aromatic carbocycles. The molecule has 150 valence electrons. The molecule has 28 heavy (non-hydrogen) atoms. The van der Waals surface area contributed by atoms with Crippen molar-refractivity contribution < 1.29 is 31.1 Å². The van der Waals surface area contributed by atoms with Crippen molar-refractivity contribution in [2.24, 2.45) is 5.92 Å². The van der Waals surface area contributed by atoms with Crippen molar-refractivity contribution in [2.75, 3.05) is 7.05 Å². The van der Waals surface area contributed by atoms with Gasteiger partial charge in [-0.25, -0.2) is 0 Å². The average molecular weight is 401 g/mol. The van der Waals surface area contributed by atoms with Crippen molar-refractivity contribution in [3.8, 4) is 0 Å². The predicted molar refractivity (Wildman–Crippen MR) is 90.2 cm³/mol. The van der Waals surface area contributed by atoms with E-state index in [1.807, 2.05) is 0 Å². The van der Waals surface area contributed by atoms with Crippen LogP contribution in [0, 0.1) is 5.92 Å². The van der Waals surface area contributed by atoms with Gasteiger partial charge < -0.3 is 4.90 Å². The first kappa shape index (κ1) is 20.2. The molecular formula is C20H17F6NO. The zero-order valence-corrected chi connectivity index (χ0v) is 14.8. The number of carbonyl (C=O) groups is 1. The number of halogens is 6. The largest absolute Gasteiger partial charge is 0.416 e. The van der Waals surface area contributed by atoms with Crippen molar-refractivity contribution >= 4 is 5.91 Å². The molecule has 0 radical (unpaired) electrons. The fourth-order valence-corrected chi connectivity index (χ4v) is 3.44. The molecule has 2 aromatic rings. The molecule has 0 N–H and O–H groups in total. The fraction of sp³-hybridized carbons (Fsp3) is 0.350. The summed E-state index contributed by atoms with van der Waals surface area (Å²) in [6, 6.07) is 10.0. The van der Waals surface area contributed by atoms with E-state index in [0.717, 1.165) is 17.0 Å². The van der Waals surface area contributed by atoms with Gasteiger partial charge >= 0.3 is 12.4 Å². The highest BCUT2D eigenvalue weighted by atomic mass is 19.4. The van der Waals surface area contributed by atoms with Crippen LogP contribution >= 0.6 is 0 Å². The van der Waals surface area contributed by atoms with Crippen molar-refractivity contribution in [3.05, 3.63) is 70.8 Å². The number of nitrogens with zero attached hydrogens (tertiary/aromatic N) is 1. The highest BCUT2D eigenvalue weighted by Crippen LogP contribution is 2.51. The zero-order valence-electron chi connectivity index (χ0n) is 14.8. The number of amides is 1. The van der Waals surface area contributed by atoms with Gasteiger partial charge in [0.1, 0.15) is 0 Å². The third-order valence-electron chi connectivity index (χ3n) is 4.88. The summed E-state index contributed by atoms with van der Waals surface area (Å²) in [5.74, 6) is -1.70. The maximum atomic E-state index is 13.2. The van der Waals surface area contributed by atoms with Gasteiger partial charge in [-0.2, -0.15) is 26.3 Å². The lowest BCUT2D eigenvalue weighted by molar-refractivity contribution is -0.139. The van der Waals surface area contributed by atoms with Crippen LogP contribution in [0.15, 0.2) is 48.5 Å². The molecule has 2 unspecified atom stereocenters. The molecule has 3 rings (SSSR count). The summed E-state index contributed by atoms with van der Waals surface area (Å²) >= 11 is 0. The second-order valence-electron chi connectivity index (χ2n) is 6.88. The van der Waals surface area contributed by atoms with Crippen molar-refractivity contribution in [3.63, 3.8) is 0 Å². The van der Waals surface area contributed by atoms with Gasteiger partial charge in [-0.3, -0.25) is 4.79 Å². The lowest BCUT2D eigenvalue weighted by atomic mass is 10.0. The Bertz CT molecular complexity index is 869. The fourth-order valence-electron chi connectivity index (χ4n) is 3.44. The Morgan fingerprint density at radius 3 is 2.07 bits per heavy atom. The van der Waals surface area contributed by atoms with Crippen LogP contribution in [0.2, 0.25) is 0 Å². The first-order chi connectivity index (χ1) is 13.0. The van der Waals surface area contributed by atoms with Crippen molar-refractivity contribution in [2.45, 2.75) is 31.2 Å². The second-order valence-corrected chi connectivity index (χ2v) is 6.88. The Kier molecular flexibility index (Phi) is 5.16. The van der Waals surface area contributed by atoms with Crippen LogP contribution in [0.4, 0.5) is 26.3 Å². The summed E-state index contributed by atoms with van der Waals surface area (Å²) in [6.45, 7) is -0.265. The quantitative estimate of drug-likeness (QED) is 0.621. The van der Waals surface area contributed by atoms with Crippen molar-refractivity contribution in [1.82, 2.24) is 4.90 Å². The molecule has 1 aliphatic carbocycles. The van der Waals surface area contributed by atoms with Crippen LogP contribution in [0.5, 0.6) is 0 Å². The lowest BCUT2D eigenvalue weighted by Crippen LogP contribution is -2.29. The van der Waals surface area contributed by atoms with Gasteiger partial charge in [0.05, 0.1) is 11.1 Å². The van der Waals surface area contributed by atoms with Crippen LogP contribution < -0.4 is 0 Å². The lowest BCUT2D eigenvalue weighted by Gasteiger charge is -2.20. The molecule has 0 aromatic heterocycles. The summed E-state index contributed by atoms with van der Waals surface area (Å²) in [5, 5.41) is 0. The Hall–Kier alpha value is -2.51. The maximum Gasteiger partial charge on any atom is 0.416 e. The van der Waals surface area contributed by atoms with Crippen molar-refractivity contribution in [1.29, 1.82) is 0 Å². The van der Waals surface area contributed by atoms with Gasteiger partial charge in [-0.1, -0.05) is 36.4 Å². The predicted octanol–water partition coefficient (Wildman–Crippen LogP) is 5.49. The number of carbonyl (C=O) groups excluding carboxylic acids is 1. The highest BCUT2D eigenvalue weighted by molar-refractivity contribution is 5.83. The van der Waals surface area contributed by atoms with Gasteiger partial charge in [-0.05, 0) is 35.6 Å². The molecule has 0 bridgehead atoms. The standard InChI is InChI=1S/C20H17F6NO/c1-27(11-12-6-2-4-8-16(12)19(21,22)23)18(28)15-10-14(15)13-7-3-5-9-17(13)20(24,25)26/h2-9,14-15H,10-11H2,1H3. The minimum atomic E-state index is -4.55. The second kappa shape index (κ2) is 7.14. The van der Waals surface area contributed by atoms with E-state index in [4.69, 9.17) is 0 Å². The number of hydrogen-bond donors (Lipinski definition) is 0. The SMILES string of the molecule is CN(Cc1ccccc1C(F)(F)F)C(=O)C1CC1c1ccccc1C(F)(F)F. The molecule has 8 heteroatoms. The van der Waals surface area contributed by atoms with Gasteiger partial charge in [0.15, 0.2) is 0 Å². The van der Waals surface area contributed by atoms with E-state index in [-0.39, 0.29) is 24.1 Å². The molecule has 1 fully saturated rings. The minimum absolute atomic E-state index is 0.0532. The zero-order chi connectivity index (χ0) is 20.7. The van der Waals surface area contributed by atoms with Crippen LogP contribution in [0.25, 0.3) is 0 Å². The molecule has 0 heterocycles. The smallest absolute Gasteiger partial charge is 0.341 e. The summed E-state index contributed by atoms with van der Waals surface area (Å²) in [7, 11) is 1.36. The molecule has 1 amide bonds. The molecule has 2 nitrogen and oxygen atoms in total. The van der Waals surface area contributed by atoms with Gasteiger partial charge in [0, 0.05) is 19.5 Å². The molecule has 1 saturated carbocycles. The maximum absolute atomic E-state index is 13.2. The van der Waals surface area contributed by atoms with E-state index in [2.05, 4.69) is 0 Å². The topological polar surface area (TPSA) is 20.3 Å². The summed E-state index contributed by atoms with van der Waals surface area (Å²) in [6.07, 6.45) is -8.82. The van der Waals surface area contributed by atoms with Gasteiger partial charge in [-0.15, -0.1) is 0 Å². The van der Waals surface area contributed by atoms with E-state index in [0.29, 0.717) is 0 Å². The summed E-state index contributed by atoms with van der Waals surface area (Å²) < 4.78 is 78.8. The Morgan fingerprint density at radius 1 is 0.929 bits per heavy atom. The average Bonchev–Trinajstić information content (AvgIpc) is 3.40. The molecular weight excluding hydrogens is 384 g/mol. The number of rotatable bonds is 4. The van der Waals surface area contributed by atoms with Crippen LogP contribution in [0.3, 0.4) is 0 Å². The normalized spacial score (nSPS) is 19.4. The first-order valence-electron chi connectivity index (χ1n) is 8.56. The highest BCUT2D eigenvalue weighted by Gasteiger charge is 2.48. The molecule has 1 aliphatic rings. The Labute approximate surface area is 157 Å². The third-order valence-corrected chi connectivity index (χ3v) is 4.88. The van der Waals surface area contributed by atoms with Gasteiger partial charge in [0.2, 0.25) is 5.91 Å². The van der Waals surface area contributed by atoms with Crippen LogP contribution in [-0.2, 0) is 23.7 Å². The molecule has 0 aliphatic heterocycles. The minimum Gasteiger partial charge on any atom is -0.341 e. The molecule has 0 saturated heterocycles. The monoisotopic (exact) mass is 401 g/mol. The van der Waals surface area contributed by atoms with Crippen LogP contribution in [-0.4, -0.2) is 17.9 Å². The molecule has 0 spiro atoms. The first-order valence-corrected chi connectivity index (χ1v) is 8.56.